The van der Waals surface area contributed by atoms with E-state index in [-0.39, 0.29) is 32.7 Å². The van der Waals surface area contributed by atoms with Gasteiger partial charge in [-0.3, -0.25) is 9.69 Å². The van der Waals surface area contributed by atoms with Crippen molar-refractivity contribution in [3.63, 3.8) is 0 Å². The number of alkyl halides is 1. The Morgan fingerprint density at radius 3 is 2.07 bits per heavy atom. The van der Waals surface area contributed by atoms with Crippen LogP contribution in [-0.4, -0.2) is 49.8 Å². The number of carbonyl (C=O) groups is 2. The number of esters is 1. The van der Waals surface area contributed by atoms with Crippen LogP contribution in [0.5, 0.6) is 0 Å². The summed E-state index contributed by atoms with van der Waals surface area (Å²) in [6.07, 6.45) is -1.82. The Bertz CT molecular complexity index is 743. The lowest BCUT2D eigenvalue weighted by molar-refractivity contribution is -0.146. The van der Waals surface area contributed by atoms with Gasteiger partial charge in [-0.25, -0.2) is 9.18 Å². The highest BCUT2D eigenvalue weighted by molar-refractivity contribution is 5.78. The minimum absolute atomic E-state index is 0.0443. The first-order chi connectivity index (χ1) is 14.1. The van der Waals surface area contributed by atoms with Crippen molar-refractivity contribution >= 4 is 12.1 Å². The van der Waals surface area contributed by atoms with Crippen molar-refractivity contribution in [2.24, 2.45) is 0 Å². The van der Waals surface area contributed by atoms with Gasteiger partial charge in [-0.05, 0) is 31.1 Å². The van der Waals surface area contributed by atoms with E-state index in [0.717, 1.165) is 16.0 Å². The molecule has 0 aliphatic rings. The zero-order chi connectivity index (χ0) is 20.9. The summed E-state index contributed by atoms with van der Waals surface area (Å²) >= 11 is 0. The van der Waals surface area contributed by atoms with Crippen LogP contribution >= 0.6 is 0 Å². The number of hydrogen-bond donors (Lipinski definition) is 1. The van der Waals surface area contributed by atoms with Crippen LogP contribution in [0.2, 0.25) is 0 Å². The van der Waals surface area contributed by atoms with Crippen LogP contribution in [0.1, 0.15) is 17.5 Å². The van der Waals surface area contributed by atoms with Gasteiger partial charge in [0.05, 0.1) is 6.54 Å². The predicted octanol–water partition coefficient (Wildman–Crippen LogP) is 3.32. The quantitative estimate of drug-likeness (QED) is 0.584. The highest BCUT2D eigenvalue weighted by Gasteiger charge is 2.23. The maximum atomic E-state index is 14.2. The molecule has 156 valence electrons. The van der Waals surface area contributed by atoms with Crippen LogP contribution in [0, 0.1) is 0 Å². The van der Waals surface area contributed by atoms with Crippen molar-refractivity contribution in [1.29, 1.82) is 0 Å². The third-order valence-electron chi connectivity index (χ3n) is 4.15. The van der Waals surface area contributed by atoms with Crippen LogP contribution in [0.4, 0.5) is 9.18 Å². The number of nitrogens with one attached hydrogen (secondary N) is 1. The second-order valence-electron chi connectivity index (χ2n) is 6.56. The minimum Gasteiger partial charge on any atom is -0.459 e. The molecule has 0 aliphatic heterocycles. The fraction of sp³-hybridized carbons (Fsp3) is 0.364. The van der Waals surface area contributed by atoms with Crippen molar-refractivity contribution in [2.75, 3.05) is 26.7 Å². The van der Waals surface area contributed by atoms with Gasteiger partial charge in [0.2, 0.25) is 0 Å². The Balaban J connectivity index is 1.91. The van der Waals surface area contributed by atoms with Crippen molar-refractivity contribution < 1.29 is 23.5 Å². The Labute approximate surface area is 170 Å². The van der Waals surface area contributed by atoms with E-state index >= 15 is 0 Å². The van der Waals surface area contributed by atoms with Gasteiger partial charge >= 0.3 is 12.1 Å². The number of rotatable bonds is 11. The number of carbonyl (C=O) groups excluding carboxylic acids is 2. The lowest BCUT2D eigenvalue weighted by Crippen LogP contribution is -2.41. The largest absolute Gasteiger partial charge is 0.459 e. The highest BCUT2D eigenvalue weighted by atomic mass is 19.1. The number of benzene rings is 2. The highest BCUT2D eigenvalue weighted by Crippen LogP contribution is 2.08. The van der Waals surface area contributed by atoms with Gasteiger partial charge in [0.15, 0.2) is 0 Å². The molecule has 0 fully saturated rings. The molecule has 0 saturated heterocycles. The van der Waals surface area contributed by atoms with Crippen molar-refractivity contribution in [1.82, 2.24) is 10.2 Å². The zero-order valence-electron chi connectivity index (χ0n) is 16.6. The van der Waals surface area contributed by atoms with E-state index in [1.54, 1.807) is 7.05 Å². The molecule has 0 aliphatic carbocycles. The molecule has 1 unspecified atom stereocenters. The molecule has 2 aromatic carbocycles. The first-order valence-electron chi connectivity index (χ1n) is 9.52. The molecular formula is C22H27FN2O4. The SMILES string of the molecule is CNCCC(F)CN(CC(=O)OCc1ccccc1)C(=O)OCc1ccccc1. The van der Waals surface area contributed by atoms with E-state index in [2.05, 4.69) is 5.32 Å². The van der Waals surface area contributed by atoms with E-state index in [0.29, 0.717) is 6.54 Å². The Hall–Kier alpha value is -2.93. The van der Waals surface area contributed by atoms with Gasteiger partial charge < -0.3 is 14.8 Å². The topological polar surface area (TPSA) is 67.9 Å². The summed E-state index contributed by atoms with van der Waals surface area (Å²) in [5.74, 6) is -0.619. The van der Waals surface area contributed by atoms with E-state index in [1.165, 1.54) is 0 Å². The molecule has 0 heterocycles. The molecule has 7 heteroatoms. The van der Waals surface area contributed by atoms with E-state index in [4.69, 9.17) is 9.47 Å². The van der Waals surface area contributed by atoms with Crippen LogP contribution in [0.15, 0.2) is 60.7 Å². The summed E-state index contributed by atoms with van der Waals surface area (Å²) in [6.45, 7) is -0.0171. The van der Waals surface area contributed by atoms with Gasteiger partial charge in [-0.15, -0.1) is 0 Å². The number of halogens is 1. The maximum absolute atomic E-state index is 14.2. The molecule has 0 spiro atoms. The monoisotopic (exact) mass is 402 g/mol. The molecule has 0 radical (unpaired) electrons. The average Bonchev–Trinajstić information content (AvgIpc) is 2.75. The van der Waals surface area contributed by atoms with Crippen molar-refractivity contribution in [3.05, 3.63) is 71.8 Å². The Morgan fingerprint density at radius 1 is 0.966 bits per heavy atom. The second kappa shape index (κ2) is 12.5. The van der Waals surface area contributed by atoms with Crippen LogP contribution in [-0.2, 0) is 27.5 Å². The lowest BCUT2D eigenvalue weighted by atomic mass is 10.2. The normalized spacial score (nSPS) is 11.5. The molecule has 6 nitrogen and oxygen atoms in total. The first kappa shape index (κ1) is 22.4. The first-order valence-corrected chi connectivity index (χ1v) is 9.52. The average molecular weight is 402 g/mol. The molecule has 2 rings (SSSR count). The van der Waals surface area contributed by atoms with Gasteiger partial charge in [0, 0.05) is 0 Å². The molecule has 0 bridgehead atoms. The fourth-order valence-corrected chi connectivity index (χ4v) is 2.59. The molecule has 1 N–H and O–H groups in total. The van der Waals surface area contributed by atoms with Crippen molar-refractivity contribution in [2.45, 2.75) is 25.8 Å². The summed E-state index contributed by atoms with van der Waals surface area (Å²) in [7, 11) is 1.72. The minimum atomic E-state index is -1.28. The van der Waals surface area contributed by atoms with Gasteiger partial charge in [0.1, 0.15) is 25.9 Å². The van der Waals surface area contributed by atoms with E-state index < -0.39 is 18.2 Å². The fourth-order valence-electron chi connectivity index (χ4n) is 2.59. The summed E-state index contributed by atoms with van der Waals surface area (Å²) < 4.78 is 24.7. The smallest absolute Gasteiger partial charge is 0.410 e. The third kappa shape index (κ3) is 8.74. The summed E-state index contributed by atoms with van der Waals surface area (Å²) in [5.41, 5.74) is 1.64. The third-order valence-corrected chi connectivity index (χ3v) is 4.15. The number of amides is 1. The standard InChI is InChI=1S/C22H27FN2O4/c1-24-13-12-20(23)14-25(22(27)29-17-19-10-6-3-7-11-19)15-21(26)28-16-18-8-4-2-5-9-18/h2-11,20,24H,12-17H2,1H3. The number of ether oxygens (including phenoxy) is 2. The van der Waals surface area contributed by atoms with Crippen LogP contribution in [0.25, 0.3) is 0 Å². The van der Waals surface area contributed by atoms with Crippen molar-refractivity contribution in [3.8, 4) is 0 Å². The summed E-state index contributed by atoms with van der Waals surface area (Å²) in [5, 5.41) is 2.86. The van der Waals surface area contributed by atoms with Gasteiger partial charge in [-0.2, -0.15) is 0 Å². The number of hydrogen-bond acceptors (Lipinski definition) is 5. The van der Waals surface area contributed by atoms with Crippen LogP contribution < -0.4 is 5.32 Å². The zero-order valence-corrected chi connectivity index (χ0v) is 16.6. The van der Waals surface area contributed by atoms with Gasteiger partial charge in [0.25, 0.3) is 0 Å². The number of nitrogens with zero attached hydrogens (tertiary/aromatic N) is 1. The molecule has 1 atom stereocenters. The molecule has 29 heavy (non-hydrogen) atoms. The summed E-state index contributed by atoms with van der Waals surface area (Å²) in [6, 6.07) is 18.3. The predicted molar refractivity (Wildman–Crippen MR) is 108 cm³/mol. The lowest BCUT2D eigenvalue weighted by Gasteiger charge is -2.23. The molecule has 2 aromatic rings. The maximum Gasteiger partial charge on any atom is 0.410 e. The van der Waals surface area contributed by atoms with Crippen LogP contribution in [0.3, 0.4) is 0 Å². The molecule has 0 saturated carbocycles. The van der Waals surface area contributed by atoms with E-state index in [1.807, 2.05) is 60.7 Å². The van der Waals surface area contributed by atoms with E-state index in [9.17, 15) is 14.0 Å². The molecule has 1 amide bonds. The molecule has 0 aromatic heterocycles. The second-order valence-corrected chi connectivity index (χ2v) is 6.56. The Kier molecular flexibility index (Phi) is 9.65. The summed E-state index contributed by atoms with van der Waals surface area (Å²) in [4.78, 5) is 25.7. The van der Waals surface area contributed by atoms with Gasteiger partial charge in [-0.1, -0.05) is 60.7 Å². The Morgan fingerprint density at radius 2 is 1.52 bits per heavy atom. The molecular weight excluding hydrogens is 375 g/mol.